The Labute approximate surface area is 188 Å². The number of hydrogen-bond acceptors (Lipinski definition) is 4. The number of halogens is 1. The van der Waals surface area contributed by atoms with Gasteiger partial charge in [0.25, 0.3) is 0 Å². The number of guanidine groups is 1. The molecule has 0 bridgehead atoms. The molecule has 2 fully saturated rings. The molecule has 0 aliphatic carbocycles. The van der Waals surface area contributed by atoms with Crippen LogP contribution in [0.2, 0.25) is 0 Å². The molecule has 1 aromatic carbocycles. The summed E-state index contributed by atoms with van der Waals surface area (Å²) in [6.07, 6.45) is 2.42. The quantitative estimate of drug-likeness (QED) is 0.564. The highest BCUT2D eigenvalue weighted by Crippen LogP contribution is 2.37. The molecule has 7 heteroatoms. The number of thiophene rings is 1. The number of hydrogen-bond donors (Lipinski definition) is 1. The summed E-state index contributed by atoms with van der Waals surface area (Å²) in [6, 6.07) is 11.5. The summed E-state index contributed by atoms with van der Waals surface area (Å²) in [5.41, 5.74) is 1.00. The molecule has 0 saturated carbocycles. The number of morpholine rings is 1. The summed E-state index contributed by atoms with van der Waals surface area (Å²) in [7, 11) is 4.08. The monoisotopic (exact) mass is 444 g/mol. The first-order valence-electron chi connectivity index (χ1n) is 11.2. The van der Waals surface area contributed by atoms with Gasteiger partial charge in [0.15, 0.2) is 5.96 Å². The molecular weight excluding hydrogens is 411 g/mol. The minimum absolute atomic E-state index is 0.0713. The minimum atomic E-state index is -0.223. The fourth-order valence-electron chi connectivity index (χ4n) is 4.92. The van der Waals surface area contributed by atoms with Crippen LogP contribution in [0.3, 0.4) is 0 Å². The summed E-state index contributed by atoms with van der Waals surface area (Å²) in [5.74, 6) is 1.24. The Balaban J connectivity index is 1.42. The van der Waals surface area contributed by atoms with Crippen molar-refractivity contribution in [2.24, 2.45) is 10.9 Å². The lowest BCUT2D eigenvalue weighted by molar-refractivity contribution is -0.0606. The second-order valence-electron chi connectivity index (χ2n) is 8.66. The molecule has 0 amide bonds. The standard InChI is InChI=1S/C24H33FN4OS/c1-17-15-29(16-21(30-17)18-8-10-20(25)11-9-18)24(26-2)27-14-19-6-4-12-28(3)23(19)22-7-5-13-31-22/h5,7-11,13,17,19,21,23H,4,6,12,14-16H2,1-3H3,(H,26,27). The molecule has 2 aromatic rings. The Kier molecular flexibility index (Phi) is 7.25. The molecule has 168 valence electrons. The van der Waals surface area contributed by atoms with Crippen LogP contribution in [-0.2, 0) is 4.74 Å². The number of likely N-dealkylation sites (tertiary alicyclic amines) is 1. The molecular formula is C24H33FN4OS. The third-order valence-electron chi connectivity index (χ3n) is 6.38. The van der Waals surface area contributed by atoms with Crippen LogP contribution in [-0.4, -0.2) is 62.1 Å². The molecule has 1 aromatic heterocycles. The van der Waals surface area contributed by atoms with Gasteiger partial charge in [-0.2, -0.15) is 0 Å². The van der Waals surface area contributed by atoms with Gasteiger partial charge in [0, 0.05) is 31.1 Å². The van der Waals surface area contributed by atoms with Gasteiger partial charge in [0.05, 0.1) is 12.6 Å². The first-order chi connectivity index (χ1) is 15.0. The number of nitrogens with zero attached hydrogens (tertiary/aromatic N) is 3. The Bertz CT molecular complexity index is 857. The van der Waals surface area contributed by atoms with Crippen molar-refractivity contribution in [3.05, 3.63) is 58.0 Å². The Hall–Kier alpha value is -1.96. The molecule has 0 spiro atoms. The van der Waals surface area contributed by atoms with E-state index in [-0.39, 0.29) is 18.0 Å². The summed E-state index contributed by atoms with van der Waals surface area (Å²) in [6.45, 7) is 5.62. The maximum atomic E-state index is 13.3. The van der Waals surface area contributed by atoms with E-state index in [1.54, 1.807) is 0 Å². The van der Waals surface area contributed by atoms with E-state index in [1.807, 2.05) is 30.5 Å². The van der Waals surface area contributed by atoms with E-state index in [0.717, 1.165) is 31.2 Å². The van der Waals surface area contributed by atoms with Gasteiger partial charge in [0.2, 0.25) is 0 Å². The summed E-state index contributed by atoms with van der Waals surface area (Å²) in [4.78, 5) is 10.8. The molecule has 2 saturated heterocycles. The highest BCUT2D eigenvalue weighted by Gasteiger charge is 2.33. The minimum Gasteiger partial charge on any atom is -0.367 e. The van der Waals surface area contributed by atoms with Crippen LogP contribution in [0.1, 0.15) is 42.4 Å². The smallest absolute Gasteiger partial charge is 0.193 e. The molecule has 2 aliphatic rings. The molecule has 4 atom stereocenters. The second-order valence-corrected chi connectivity index (χ2v) is 9.64. The van der Waals surface area contributed by atoms with Crippen molar-refractivity contribution in [3.8, 4) is 0 Å². The molecule has 4 unspecified atom stereocenters. The average molecular weight is 445 g/mol. The number of nitrogens with one attached hydrogen (secondary N) is 1. The van der Waals surface area contributed by atoms with Gasteiger partial charge in [0.1, 0.15) is 11.9 Å². The van der Waals surface area contributed by atoms with Crippen LogP contribution < -0.4 is 5.32 Å². The van der Waals surface area contributed by atoms with E-state index in [2.05, 4.69) is 51.6 Å². The SMILES string of the molecule is CN=C(NCC1CCCN(C)C1c1cccs1)N1CC(C)OC(c2ccc(F)cc2)C1. The number of ether oxygens (including phenoxy) is 1. The van der Waals surface area contributed by atoms with Crippen molar-refractivity contribution >= 4 is 17.3 Å². The maximum absolute atomic E-state index is 13.3. The van der Waals surface area contributed by atoms with E-state index in [0.29, 0.717) is 18.5 Å². The van der Waals surface area contributed by atoms with Crippen LogP contribution in [0, 0.1) is 11.7 Å². The largest absolute Gasteiger partial charge is 0.367 e. The van der Waals surface area contributed by atoms with Gasteiger partial charge in [-0.1, -0.05) is 18.2 Å². The zero-order chi connectivity index (χ0) is 21.8. The summed E-state index contributed by atoms with van der Waals surface area (Å²) in [5, 5.41) is 5.83. The van der Waals surface area contributed by atoms with E-state index in [9.17, 15) is 4.39 Å². The summed E-state index contributed by atoms with van der Waals surface area (Å²) >= 11 is 1.85. The molecule has 1 N–H and O–H groups in total. The van der Waals surface area contributed by atoms with Crippen LogP contribution in [0.25, 0.3) is 0 Å². The Morgan fingerprint density at radius 3 is 2.77 bits per heavy atom. The first-order valence-corrected chi connectivity index (χ1v) is 12.0. The lowest BCUT2D eigenvalue weighted by Crippen LogP contribution is -2.52. The third kappa shape index (κ3) is 5.27. The van der Waals surface area contributed by atoms with Crippen molar-refractivity contribution in [2.45, 2.75) is 38.0 Å². The highest BCUT2D eigenvalue weighted by molar-refractivity contribution is 7.10. The zero-order valence-electron chi connectivity index (χ0n) is 18.6. The number of rotatable bonds is 4. The van der Waals surface area contributed by atoms with Crippen LogP contribution in [0.5, 0.6) is 0 Å². The second kappa shape index (κ2) is 10.1. The van der Waals surface area contributed by atoms with Crippen LogP contribution in [0.4, 0.5) is 4.39 Å². The topological polar surface area (TPSA) is 40.1 Å². The van der Waals surface area contributed by atoms with E-state index >= 15 is 0 Å². The Morgan fingerprint density at radius 2 is 2.06 bits per heavy atom. The average Bonchev–Trinajstić information content (AvgIpc) is 3.29. The molecule has 3 heterocycles. The summed E-state index contributed by atoms with van der Waals surface area (Å²) < 4.78 is 19.5. The van der Waals surface area contributed by atoms with Crippen molar-refractivity contribution in [3.63, 3.8) is 0 Å². The van der Waals surface area contributed by atoms with Crippen molar-refractivity contribution < 1.29 is 9.13 Å². The fraction of sp³-hybridized carbons (Fsp3) is 0.542. The first kappa shape index (κ1) is 22.2. The fourth-order valence-corrected chi connectivity index (χ4v) is 5.91. The van der Waals surface area contributed by atoms with Gasteiger partial charge >= 0.3 is 0 Å². The van der Waals surface area contributed by atoms with Crippen molar-refractivity contribution in [2.75, 3.05) is 40.3 Å². The number of piperidine rings is 1. The molecule has 5 nitrogen and oxygen atoms in total. The number of aliphatic imine (C=N–C) groups is 1. The predicted octanol–water partition coefficient (Wildman–Crippen LogP) is 4.31. The van der Waals surface area contributed by atoms with Crippen LogP contribution >= 0.6 is 11.3 Å². The molecule has 4 rings (SSSR count). The molecule has 2 aliphatic heterocycles. The normalized spacial score (nSPS) is 28.0. The van der Waals surface area contributed by atoms with E-state index < -0.39 is 0 Å². The van der Waals surface area contributed by atoms with Gasteiger partial charge in [-0.05, 0) is 68.4 Å². The maximum Gasteiger partial charge on any atom is 0.193 e. The zero-order valence-corrected chi connectivity index (χ0v) is 19.4. The number of benzene rings is 1. The highest BCUT2D eigenvalue weighted by atomic mass is 32.1. The van der Waals surface area contributed by atoms with Crippen molar-refractivity contribution in [1.82, 2.24) is 15.1 Å². The van der Waals surface area contributed by atoms with Gasteiger partial charge < -0.3 is 15.0 Å². The van der Waals surface area contributed by atoms with Gasteiger partial charge in [-0.3, -0.25) is 9.89 Å². The predicted molar refractivity (Wildman–Crippen MR) is 125 cm³/mol. The third-order valence-corrected chi connectivity index (χ3v) is 7.32. The lowest BCUT2D eigenvalue weighted by atomic mass is 9.88. The van der Waals surface area contributed by atoms with Crippen LogP contribution in [0.15, 0.2) is 46.8 Å². The Morgan fingerprint density at radius 1 is 1.26 bits per heavy atom. The molecule has 31 heavy (non-hydrogen) atoms. The molecule has 0 radical (unpaired) electrons. The van der Waals surface area contributed by atoms with Gasteiger partial charge in [-0.15, -0.1) is 11.3 Å². The lowest BCUT2D eigenvalue weighted by Gasteiger charge is -2.41. The van der Waals surface area contributed by atoms with Gasteiger partial charge in [-0.25, -0.2) is 4.39 Å². The van der Waals surface area contributed by atoms with E-state index in [4.69, 9.17) is 4.74 Å². The van der Waals surface area contributed by atoms with E-state index in [1.165, 1.54) is 29.9 Å². The van der Waals surface area contributed by atoms with Crippen molar-refractivity contribution in [1.29, 1.82) is 0 Å².